The summed E-state index contributed by atoms with van der Waals surface area (Å²) < 4.78 is 5.15. The summed E-state index contributed by atoms with van der Waals surface area (Å²) in [6.07, 6.45) is 5.95. The molecule has 0 spiro atoms. The van der Waals surface area contributed by atoms with Crippen LogP contribution in [0.3, 0.4) is 0 Å². The number of hydrogen-bond acceptors (Lipinski definition) is 3. The van der Waals surface area contributed by atoms with Crippen LogP contribution < -0.4 is 5.32 Å². The maximum atomic E-state index is 5.15. The minimum absolute atomic E-state index is 0.369. The number of nitrogens with zero attached hydrogens (tertiary/aromatic N) is 1. The molecule has 1 atom stereocenters. The second-order valence-corrected chi connectivity index (χ2v) is 4.69. The van der Waals surface area contributed by atoms with Gasteiger partial charge < -0.3 is 10.1 Å². The van der Waals surface area contributed by atoms with Gasteiger partial charge in [-0.1, -0.05) is 25.1 Å². The lowest BCUT2D eigenvalue weighted by Gasteiger charge is -2.20. The van der Waals surface area contributed by atoms with Crippen LogP contribution in [-0.2, 0) is 4.74 Å². The van der Waals surface area contributed by atoms with Crippen molar-refractivity contribution in [1.29, 1.82) is 0 Å². The van der Waals surface area contributed by atoms with Crippen molar-refractivity contribution in [2.45, 2.75) is 25.8 Å². The quantitative estimate of drug-likeness (QED) is 0.774. The molecule has 0 aliphatic rings. The lowest BCUT2D eigenvalue weighted by molar-refractivity contribution is 0.189. The van der Waals surface area contributed by atoms with Gasteiger partial charge in [0.2, 0.25) is 0 Å². The lowest BCUT2D eigenvalue weighted by atomic mass is 9.97. The van der Waals surface area contributed by atoms with Crippen molar-refractivity contribution in [3.63, 3.8) is 0 Å². The van der Waals surface area contributed by atoms with Gasteiger partial charge in [0.05, 0.1) is 0 Å². The number of pyridine rings is 1. The first-order valence-corrected chi connectivity index (χ1v) is 6.91. The van der Waals surface area contributed by atoms with Gasteiger partial charge in [-0.2, -0.15) is 0 Å². The molecule has 0 amide bonds. The van der Waals surface area contributed by atoms with Crippen molar-refractivity contribution in [3.05, 3.63) is 42.2 Å². The number of fused-ring (bicyclic) bond motifs is 1. The average Bonchev–Trinajstić information content (AvgIpc) is 2.46. The summed E-state index contributed by atoms with van der Waals surface area (Å²) in [5.41, 5.74) is 1.34. The summed E-state index contributed by atoms with van der Waals surface area (Å²) in [4.78, 5) is 4.26. The van der Waals surface area contributed by atoms with E-state index >= 15 is 0 Å². The van der Waals surface area contributed by atoms with Gasteiger partial charge >= 0.3 is 0 Å². The summed E-state index contributed by atoms with van der Waals surface area (Å²) in [6, 6.07) is 8.89. The summed E-state index contributed by atoms with van der Waals surface area (Å²) in [5.74, 6) is 0. The minimum atomic E-state index is 0.369. The van der Waals surface area contributed by atoms with E-state index in [1.165, 1.54) is 16.3 Å². The van der Waals surface area contributed by atoms with E-state index in [0.717, 1.165) is 26.0 Å². The number of methoxy groups -OCH3 is 1. The maximum Gasteiger partial charge on any atom is 0.0462 e. The SMILES string of the molecule is CCNC(CCCOC)c1cccc2ccncc12. The maximum absolute atomic E-state index is 5.15. The average molecular weight is 258 g/mol. The van der Waals surface area contributed by atoms with Crippen LogP contribution in [0.25, 0.3) is 10.8 Å². The zero-order valence-electron chi connectivity index (χ0n) is 11.7. The second kappa shape index (κ2) is 7.22. The van der Waals surface area contributed by atoms with Crippen LogP contribution >= 0.6 is 0 Å². The smallest absolute Gasteiger partial charge is 0.0462 e. The molecule has 102 valence electrons. The van der Waals surface area contributed by atoms with E-state index < -0.39 is 0 Å². The van der Waals surface area contributed by atoms with Gasteiger partial charge in [-0.05, 0) is 36.4 Å². The molecule has 0 fully saturated rings. The molecule has 1 N–H and O–H groups in total. The lowest BCUT2D eigenvalue weighted by Crippen LogP contribution is -2.21. The van der Waals surface area contributed by atoms with Crippen molar-refractivity contribution in [2.75, 3.05) is 20.3 Å². The first-order valence-electron chi connectivity index (χ1n) is 6.91. The van der Waals surface area contributed by atoms with Gasteiger partial charge in [-0.25, -0.2) is 0 Å². The van der Waals surface area contributed by atoms with Crippen LogP contribution in [0.5, 0.6) is 0 Å². The third kappa shape index (κ3) is 3.52. The highest BCUT2D eigenvalue weighted by molar-refractivity contribution is 5.85. The van der Waals surface area contributed by atoms with Crippen LogP contribution in [-0.4, -0.2) is 25.2 Å². The van der Waals surface area contributed by atoms with E-state index in [1.54, 1.807) is 7.11 Å². The molecule has 2 rings (SSSR count). The van der Waals surface area contributed by atoms with Gasteiger partial charge in [-0.15, -0.1) is 0 Å². The Bertz CT molecular complexity index is 508. The molecule has 19 heavy (non-hydrogen) atoms. The van der Waals surface area contributed by atoms with E-state index in [1.807, 2.05) is 12.4 Å². The molecular formula is C16H22N2O. The Hall–Kier alpha value is -1.45. The van der Waals surface area contributed by atoms with E-state index in [0.29, 0.717) is 6.04 Å². The molecule has 1 aromatic carbocycles. The zero-order valence-corrected chi connectivity index (χ0v) is 11.7. The summed E-state index contributed by atoms with van der Waals surface area (Å²) in [6.45, 7) is 3.92. The van der Waals surface area contributed by atoms with Gasteiger partial charge in [-0.3, -0.25) is 4.98 Å². The Balaban J connectivity index is 2.27. The van der Waals surface area contributed by atoms with Crippen LogP contribution in [0.15, 0.2) is 36.7 Å². The number of hydrogen-bond donors (Lipinski definition) is 1. The number of rotatable bonds is 7. The predicted octanol–water partition coefficient (Wildman–Crippen LogP) is 3.31. The molecule has 0 radical (unpaired) electrons. The Morgan fingerprint density at radius 1 is 1.32 bits per heavy atom. The summed E-state index contributed by atoms with van der Waals surface area (Å²) >= 11 is 0. The largest absolute Gasteiger partial charge is 0.385 e. The van der Waals surface area contributed by atoms with Crippen LogP contribution in [0.1, 0.15) is 31.4 Å². The zero-order chi connectivity index (χ0) is 13.5. The van der Waals surface area contributed by atoms with Gasteiger partial charge in [0.15, 0.2) is 0 Å². The molecule has 1 aromatic heterocycles. The second-order valence-electron chi connectivity index (χ2n) is 4.69. The summed E-state index contributed by atoms with van der Waals surface area (Å²) in [7, 11) is 1.75. The van der Waals surface area contributed by atoms with Crippen molar-refractivity contribution in [1.82, 2.24) is 10.3 Å². The highest BCUT2D eigenvalue weighted by Gasteiger charge is 2.12. The topological polar surface area (TPSA) is 34.1 Å². The van der Waals surface area contributed by atoms with E-state index in [9.17, 15) is 0 Å². The van der Waals surface area contributed by atoms with Crippen molar-refractivity contribution < 1.29 is 4.74 Å². The Morgan fingerprint density at radius 3 is 3.00 bits per heavy atom. The standard InChI is InChI=1S/C16H22N2O/c1-3-18-16(8-5-11-19-2)14-7-4-6-13-9-10-17-12-15(13)14/h4,6-7,9-10,12,16,18H,3,5,8,11H2,1-2H3. The molecule has 3 nitrogen and oxygen atoms in total. The normalized spacial score (nSPS) is 12.7. The Kier molecular flexibility index (Phi) is 5.31. The molecule has 0 aliphatic carbocycles. The van der Waals surface area contributed by atoms with Gasteiger partial charge in [0.1, 0.15) is 0 Å². The number of nitrogens with one attached hydrogen (secondary N) is 1. The van der Waals surface area contributed by atoms with Crippen molar-refractivity contribution >= 4 is 10.8 Å². The molecule has 0 saturated carbocycles. The summed E-state index contributed by atoms with van der Waals surface area (Å²) in [5, 5.41) is 6.06. The van der Waals surface area contributed by atoms with E-state index in [-0.39, 0.29) is 0 Å². The minimum Gasteiger partial charge on any atom is -0.385 e. The molecule has 3 heteroatoms. The van der Waals surface area contributed by atoms with Crippen molar-refractivity contribution in [2.24, 2.45) is 0 Å². The highest BCUT2D eigenvalue weighted by Crippen LogP contribution is 2.26. The first-order chi connectivity index (χ1) is 9.36. The van der Waals surface area contributed by atoms with Crippen LogP contribution in [0.4, 0.5) is 0 Å². The molecule has 2 aromatic rings. The molecule has 0 bridgehead atoms. The monoisotopic (exact) mass is 258 g/mol. The predicted molar refractivity (Wildman–Crippen MR) is 79.3 cm³/mol. The molecule has 0 saturated heterocycles. The van der Waals surface area contributed by atoms with E-state index in [4.69, 9.17) is 4.74 Å². The van der Waals surface area contributed by atoms with E-state index in [2.05, 4.69) is 41.5 Å². The molecule has 1 heterocycles. The Labute approximate surface area is 115 Å². The molecular weight excluding hydrogens is 236 g/mol. The number of benzene rings is 1. The third-order valence-electron chi connectivity index (χ3n) is 3.38. The van der Waals surface area contributed by atoms with Crippen molar-refractivity contribution in [3.8, 4) is 0 Å². The fraction of sp³-hybridized carbons (Fsp3) is 0.438. The first kappa shape index (κ1) is 14.0. The number of aromatic nitrogens is 1. The molecule has 0 aliphatic heterocycles. The van der Waals surface area contributed by atoms with Gasteiger partial charge in [0.25, 0.3) is 0 Å². The fourth-order valence-electron chi connectivity index (χ4n) is 2.49. The fourth-order valence-corrected chi connectivity index (χ4v) is 2.49. The van der Waals surface area contributed by atoms with Crippen LogP contribution in [0, 0.1) is 0 Å². The Morgan fingerprint density at radius 2 is 2.21 bits per heavy atom. The van der Waals surface area contributed by atoms with Gasteiger partial charge in [0, 0.05) is 37.5 Å². The highest BCUT2D eigenvalue weighted by atomic mass is 16.5. The molecule has 1 unspecified atom stereocenters. The van der Waals surface area contributed by atoms with Crippen LogP contribution in [0.2, 0.25) is 0 Å². The third-order valence-corrected chi connectivity index (χ3v) is 3.38. The number of ether oxygens (including phenoxy) is 1.